The molecule has 2 aliphatic rings. The van der Waals surface area contributed by atoms with Gasteiger partial charge in [-0.1, -0.05) is 97.8 Å². The SMILES string of the molecule is Nc1ccccc1NC(=O)CCCCCCC(=O)NCc1cccc(-c2cccc(C3OC(CN4CCC(n5c(=O)[nH]c6ccccc65)CC4)CC(c4ccc(CO)cc4)O3)c2)c1. The van der Waals surface area contributed by atoms with Crippen LogP contribution in [0.2, 0.25) is 0 Å². The van der Waals surface area contributed by atoms with Crippen LogP contribution in [0.1, 0.15) is 98.5 Å². The molecule has 12 nitrogen and oxygen atoms in total. The van der Waals surface area contributed by atoms with E-state index < -0.39 is 6.29 Å². The lowest BCUT2D eigenvalue weighted by Gasteiger charge is -2.40. The summed E-state index contributed by atoms with van der Waals surface area (Å²) in [4.78, 5) is 43.4. The minimum absolute atomic E-state index is 0.00976. The average molecular weight is 851 g/mol. The number of carbonyl (C=O) groups is 2. The van der Waals surface area contributed by atoms with Gasteiger partial charge < -0.3 is 40.8 Å². The number of nitrogens with two attached hydrogens (primary N) is 1. The summed E-state index contributed by atoms with van der Waals surface area (Å²) in [7, 11) is 0. The number of aliphatic hydroxyl groups is 1. The fourth-order valence-electron chi connectivity index (χ4n) is 8.88. The molecule has 2 amide bonds. The van der Waals surface area contributed by atoms with Crippen LogP contribution in [-0.4, -0.2) is 57.1 Å². The van der Waals surface area contributed by atoms with Crippen molar-refractivity contribution in [2.45, 2.75) is 95.5 Å². The van der Waals surface area contributed by atoms with E-state index in [1.54, 1.807) is 12.1 Å². The molecule has 3 unspecified atom stereocenters. The number of anilines is 2. The van der Waals surface area contributed by atoms with Gasteiger partial charge in [-0.15, -0.1) is 0 Å². The van der Waals surface area contributed by atoms with Crippen LogP contribution in [0.5, 0.6) is 0 Å². The number of nitrogens with zero attached hydrogens (tertiary/aromatic N) is 2. The number of rotatable bonds is 17. The molecule has 12 heteroatoms. The van der Waals surface area contributed by atoms with E-state index in [1.165, 1.54) is 0 Å². The second-order valence-electron chi connectivity index (χ2n) is 16.9. The number of ether oxygens (including phenoxy) is 2. The topological polar surface area (TPSA) is 164 Å². The third-order valence-electron chi connectivity index (χ3n) is 12.3. The molecule has 3 heterocycles. The highest BCUT2D eigenvalue weighted by Crippen LogP contribution is 2.39. The molecule has 2 saturated heterocycles. The number of likely N-dealkylation sites (tertiary alicyclic amines) is 1. The Balaban J connectivity index is 0.852. The lowest BCUT2D eigenvalue weighted by Crippen LogP contribution is -2.43. The van der Waals surface area contributed by atoms with E-state index in [0.717, 1.165) is 103 Å². The van der Waals surface area contributed by atoms with Crippen LogP contribution >= 0.6 is 0 Å². The number of para-hydroxylation sites is 4. The summed E-state index contributed by atoms with van der Waals surface area (Å²) in [5, 5.41) is 15.6. The van der Waals surface area contributed by atoms with Gasteiger partial charge >= 0.3 is 5.69 Å². The number of amides is 2. The zero-order valence-electron chi connectivity index (χ0n) is 35.7. The van der Waals surface area contributed by atoms with Crippen LogP contribution in [0.15, 0.2) is 126 Å². The Hall–Kier alpha value is -6.05. The Bertz CT molecular complexity index is 2530. The van der Waals surface area contributed by atoms with E-state index in [-0.39, 0.29) is 42.4 Å². The van der Waals surface area contributed by atoms with Crippen LogP contribution in [0.3, 0.4) is 0 Å². The van der Waals surface area contributed by atoms with Gasteiger partial charge in [-0.25, -0.2) is 4.79 Å². The molecule has 328 valence electrons. The van der Waals surface area contributed by atoms with Crippen LogP contribution < -0.4 is 22.1 Å². The highest BCUT2D eigenvalue weighted by molar-refractivity contribution is 5.93. The number of unbranched alkanes of at least 4 members (excludes halogenated alkanes) is 3. The summed E-state index contributed by atoms with van der Waals surface area (Å²) in [5.41, 5.74) is 14.8. The van der Waals surface area contributed by atoms with E-state index in [0.29, 0.717) is 37.2 Å². The number of piperidine rings is 1. The highest BCUT2D eigenvalue weighted by Gasteiger charge is 2.34. The number of nitrogens with one attached hydrogen (secondary N) is 3. The first-order chi connectivity index (χ1) is 30.8. The van der Waals surface area contributed by atoms with Gasteiger partial charge in [-0.05, 0) is 89.9 Å². The van der Waals surface area contributed by atoms with Crippen molar-refractivity contribution in [3.63, 3.8) is 0 Å². The van der Waals surface area contributed by atoms with Crippen LogP contribution in [0, 0.1) is 0 Å². The smallest absolute Gasteiger partial charge is 0.326 e. The summed E-state index contributed by atoms with van der Waals surface area (Å²) < 4.78 is 15.4. The number of H-pyrrole nitrogens is 1. The zero-order valence-corrected chi connectivity index (χ0v) is 35.7. The van der Waals surface area contributed by atoms with Gasteiger partial charge in [0.05, 0.1) is 41.2 Å². The number of hydrogen-bond donors (Lipinski definition) is 5. The van der Waals surface area contributed by atoms with Crippen molar-refractivity contribution in [2.75, 3.05) is 30.7 Å². The van der Waals surface area contributed by atoms with E-state index in [2.05, 4.69) is 44.8 Å². The van der Waals surface area contributed by atoms with E-state index in [4.69, 9.17) is 15.2 Å². The van der Waals surface area contributed by atoms with Gasteiger partial charge in [0, 0.05) is 57.0 Å². The minimum atomic E-state index is -0.596. The van der Waals surface area contributed by atoms with E-state index >= 15 is 0 Å². The van der Waals surface area contributed by atoms with Crippen molar-refractivity contribution in [1.82, 2.24) is 19.8 Å². The van der Waals surface area contributed by atoms with E-state index in [9.17, 15) is 19.5 Å². The summed E-state index contributed by atoms with van der Waals surface area (Å²) >= 11 is 0. The van der Waals surface area contributed by atoms with Gasteiger partial charge in [0.25, 0.3) is 0 Å². The Morgan fingerprint density at radius 3 is 2.24 bits per heavy atom. The molecular formula is C51H58N6O6. The minimum Gasteiger partial charge on any atom is -0.397 e. The fraction of sp³-hybridized carbons (Fsp3) is 0.353. The molecule has 63 heavy (non-hydrogen) atoms. The molecular weight excluding hydrogens is 793 g/mol. The van der Waals surface area contributed by atoms with Crippen molar-refractivity contribution < 1.29 is 24.2 Å². The monoisotopic (exact) mass is 850 g/mol. The third kappa shape index (κ3) is 11.3. The molecule has 3 atom stereocenters. The molecule has 2 aliphatic heterocycles. The first-order valence-corrected chi connectivity index (χ1v) is 22.3. The maximum absolute atomic E-state index is 12.9. The molecule has 8 rings (SSSR count). The lowest BCUT2D eigenvalue weighted by atomic mass is 9.97. The molecule has 0 spiro atoms. The van der Waals surface area contributed by atoms with Gasteiger partial charge in [0.2, 0.25) is 11.8 Å². The standard InChI is InChI=1S/C51H58N6O6/c52-43-15-5-6-16-44(43)54-49(60)20-4-2-1-3-19-48(59)53-32-36-11-9-12-38(29-36)39-13-10-14-40(30-39)50-62-42(31-47(63-50)37-23-21-35(34-58)22-24-37)33-56-27-25-41(26-28-56)57-46-18-8-7-17-45(46)55-51(57)61/h5-18,21-24,29-30,41-42,47,50,58H,1-4,19-20,25-28,31-34,52H2,(H,53,59)(H,54,60)(H,55,61). The molecule has 0 aliphatic carbocycles. The van der Waals surface area contributed by atoms with Crippen molar-refractivity contribution in [1.29, 1.82) is 0 Å². The number of hydrogen-bond acceptors (Lipinski definition) is 8. The number of benzene rings is 5. The third-order valence-corrected chi connectivity index (χ3v) is 12.3. The average Bonchev–Trinajstić information content (AvgIpc) is 3.66. The Labute approximate surface area is 368 Å². The molecule has 1 aromatic heterocycles. The van der Waals surface area contributed by atoms with Gasteiger partial charge in [0.15, 0.2) is 6.29 Å². The van der Waals surface area contributed by atoms with Crippen molar-refractivity contribution in [3.05, 3.63) is 154 Å². The summed E-state index contributed by atoms with van der Waals surface area (Å²) in [6, 6.07) is 39.7. The molecule has 5 aromatic carbocycles. The predicted molar refractivity (Wildman–Crippen MR) is 247 cm³/mol. The van der Waals surface area contributed by atoms with Crippen LogP contribution in [0.25, 0.3) is 22.2 Å². The second-order valence-corrected chi connectivity index (χ2v) is 16.9. The number of carbonyl (C=O) groups excluding carboxylic acids is 2. The molecule has 6 N–H and O–H groups in total. The number of aromatic amines is 1. The second kappa shape index (κ2) is 20.9. The van der Waals surface area contributed by atoms with Crippen molar-refractivity contribution in [2.24, 2.45) is 0 Å². The molecule has 0 radical (unpaired) electrons. The quantitative estimate of drug-likeness (QED) is 0.0450. The Morgan fingerprint density at radius 2 is 1.46 bits per heavy atom. The predicted octanol–water partition coefficient (Wildman–Crippen LogP) is 8.55. The molecule has 2 fully saturated rings. The number of aromatic nitrogens is 2. The zero-order chi connectivity index (χ0) is 43.5. The van der Waals surface area contributed by atoms with Crippen LogP contribution in [0.4, 0.5) is 11.4 Å². The van der Waals surface area contributed by atoms with Gasteiger partial charge in [-0.2, -0.15) is 0 Å². The Morgan fingerprint density at radius 1 is 0.746 bits per heavy atom. The number of aliphatic hydroxyl groups excluding tert-OH is 1. The van der Waals surface area contributed by atoms with Gasteiger partial charge in [-0.3, -0.25) is 14.2 Å². The van der Waals surface area contributed by atoms with Crippen molar-refractivity contribution in [3.8, 4) is 11.1 Å². The maximum Gasteiger partial charge on any atom is 0.326 e. The molecule has 0 bridgehead atoms. The largest absolute Gasteiger partial charge is 0.397 e. The maximum atomic E-state index is 12.9. The summed E-state index contributed by atoms with van der Waals surface area (Å²) in [6.45, 7) is 2.88. The molecule has 0 saturated carbocycles. The normalized spacial score (nSPS) is 18.3. The summed E-state index contributed by atoms with van der Waals surface area (Å²) in [6.07, 6.45) is 5.67. The highest BCUT2D eigenvalue weighted by atomic mass is 16.7. The first-order valence-electron chi connectivity index (χ1n) is 22.3. The number of imidazole rings is 1. The molecule has 6 aromatic rings. The number of fused-ring (bicyclic) bond motifs is 1. The van der Waals surface area contributed by atoms with Gasteiger partial charge in [0.1, 0.15) is 0 Å². The summed E-state index contributed by atoms with van der Waals surface area (Å²) in [5.74, 6) is -0.0448. The lowest BCUT2D eigenvalue weighted by molar-refractivity contribution is -0.253. The first kappa shape index (κ1) is 43.6. The van der Waals surface area contributed by atoms with Crippen molar-refractivity contribution >= 4 is 34.2 Å². The Kier molecular flexibility index (Phi) is 14.4. The van der Waals surface area contributed by atoms with E-state index in [1.807, 2.05) is 89.5 Å². The number of nitrogen functional groups attached to an aromatic ring is 1. The fourth-order valence-corrected chi connectivity index (χ4v) is 8.88. The van der Waals surface area contributed by atoms with Crippen LogP contribution in [-0.2, 0) is 32.2 Å².